The number of benzene rings is 1. The first-order valence-electron chi connectivity index (χ1n) is 8.20. The molecular weight excluding hydrogens is 365 g/mol. The smallest absolute Gasteiger partial charge is 0.475 e. The molecular formula is C17H21F3N4O3. The van der Waals surface area contributed by atoms with Gasteiger partial charge in [-0.05, 0) is 12.6 Å². The van der Waals surface area contributed by atoms with Crippen LogP contribution in [0.25, 0.3) is 0 Å². The highest BCUT2D eigenvalue weighted by atomic mass is 19.4. The predicted molar refractivity (Wildman–Crippen MR) is 89.9 cm³/mol. The number of carbonyl (C=O) groups is 1. The lowest BCUT2D eigenvalue weighted by molar-refractivity contribution is -0.192. The third-order valence-corrected chi connectivity index (χ3v) is 4.15. The third-order valence-electron chi connectivity index (χ3n) is 4.15. The molecule has 3 rings (SSSR count). The Kier molecular flexibility index (Phi) is 6.92. The first-order chi connectivity index (χ1) is 12.7. The summed E-state index contributed by atoms with van der Waals surface area (Å²) in [5, 5.41) is 15.6. The molecule has 10 heteroatoms. The normalized spacial score (nSPS) is 17.0. The minimum atomic E-state index is -5.08. The van der Waals surface area contributed by atoms with E-state index in [0.29, 0.717) is 13.2 Å². The molecule has 1 aliphatic rings. The van der Waals surface area contributed by atoms with Gasteiger partial charge in [-0.25, -0.2) is 4.79 Å². The van der Waals surface area contributed by atoms with Crippen molar-refractivity contribution in [3.8, 4) is 0 Å². The molecule has 1 aromatic carbocycles. The summed E-state index contributed by atoms with van der Waals surface area (Å²) in [7, 11) is 4.08. The molecule has 2 heterocycles. The Hall–Kier alpha value is -2.46. The zero-order valence-electron chi connectivity index (χ0n) is 15.0. The molecule has 1 unspecified atom stereocenters. The first kappa shape index (κ1) is 20.8. The van der Waals surface area contributed by atoms with Crippen molar-refractivity contribution in [1.82, 2.24) is 19.9 Å². The van der Waals surface area contributed by atoms with Crippen molar-refractivity contribution < 1.29 is 27.8 Å². The van der Waals surface area contributed by atoms with Crippen LogP contribution in [0.4, 0.5) is 13.2 Å². The molecule has 0 fully saturated rings. The van der Waals surface area contributed by atoms with Crippen LogP contribution in [0.2, 0.25) is 0 Å². The standard InChI is InChI=1S/C15H20N4O.C2HF3O2/c1-18-9-8-13-15(16-17-19(13)2)14(18)11-20-10-12-6-4-3-5-7-12;3-2(4,5)1(6)7/h3-7,14H,8-11H2,1-2H3;(H,6,7). The summed E-state index contributed by atoms with van der Waals surface area (Å²) >= 11 is 0. The highest BCUT2D eigenvalue weighted by Gasteiger charge is 2.38. The van der Waals surface area contributed by atoms with Crippen LogP contribution in [0.3, 0.4) is 0 Å². The van der Waals surface area contributed by atoms with Gasteiger partial charge in [0.1, 0.15) is 5.69 Å². The fourth-order valence-electron chi connectivity index (χ4n) is 2.66. The molecule has 148 valence electrons. The van der Waals surface area contributed by atoms with Crippen LogP contribution in [-0.2, 0) is 29.6 Å². The molecule has 1 aliphatic heterocycles. The van der Waals surface area contributed by atoms with E-state index in [0.717, 1.165) is 18.7 Å². The molecule has 0 aliphatic carbocycles. The van der Waals surface area contributed by atoms with E-state index in [9.17, 15) is 13.2 Å². The zero-order chi connectivity index (χ0) is 20.0. The number of hydrogen-bond acceptors (Lipinski definition) is 5. The van der Waals surface area contributed by atoms with Gasteiger partial charge in [0.2, 0.25) is 0 Å². The van der Waals surface area contributed by atoms with Crippen LogP contribution < -0.4 is 0 Å². The predicted octanol–water partition coefficient (Wildman–Crippen LogP) is 2.19. The number of alkyl halides is 3. The molecule has 0 saturated heterocycles. The van der Waals surface area contributed by atoms with Gasteiger partial charge in [-0.1, -0.05) is 35.5 Å². The van der Waals surface area contributed by atoms with Crippen LogP contribution >= 0.6 is 0 Å². The lowest BCUT2D eigenvalue weighted by atomic mass is 10.0. The van der Waals surface area contributed by atoms with E-state index in [-0.39, 0.29) is 6.04 Å². The maximum Gasteiger partial charge on any atom is 0.490 e. The minimum Gasteiger partial charge on any atom is -0.475 e. The second kappa shape index (κ2) is 8.96. The van der Waals surface area contributed by atoms with E-state index in [2.05, 4.69) is 34.4 Å². The third kappa shape index (κ3) is 5.76. The SMILES string of the molecule is CN1CCc2c(nnn2C)C1COCc1ccccc1.O=C(O)C(F)(F)F. The molecule has 2 aromatic rings. The lowest BCUT2D eigenvalue weighted by Crippen LogP contribution is -2.35. The Morgan fingerprint density at radius 1 is 1.30 bits per heavy atom. The van der Waals surface area contributed by atoms with Crippen molar-refractivity contribution in [2.75, 3.05) is 20.2 Å². The van der Waals surface area contributed by atoms with Gasteiger partial charge in [0.25, 0.3) is 0 Å². The number of hydrogen-bond donors (Lipinski definition) is 1. The summed E-state index contributed by atoms with van der Waals surface area (Å²) < 4.78 is 39.5. The number of aromatic nitrogens is 3. The van der Waals surface area contributed by atoms with Crippen molar-refractivity contribution in [2.24, 2.45) is 7.05 Å². The number of carboxylic acid groups (broad SMARTS) is 1. The Bertz CT molecular complexity index is 750. The van der Waals surface area contributed by atoms with Crippen LogP contribution in [0.15, 0.2) is 30.3 Å². The van der Waals surface area contributed by atoms with Gasteiger partial charge < -0.3 is 9.84 Å². The van der Waals surface area contributed by atoms with Crippen LogP contribution in [0, 0.1) is 0 Å². The van der Waals surface area contributed by atoms with E-state index in [1.807, 2.05) is 29.9 Å². The Morgan fingerprint density at radius 2 is 1.93 bits per heavy atom. The molecule has 7 nitrogen and oxygen atoms in total. The number of aryl methyl sites for hydroxylation is 1. The monoisotopic (exact) mass is 386 g/mol. The molecule has 0 radical (unpaired) electrons. The Morgan fingerprint density at radius 3 is 2.52 bits per heavy atom. The number of aliphatic carboxylic acids is 1. The number of likely N-dealkylation sites (N-methyl/N-ethyl adjacent to an activating group) is 1. The minimum absolute atomic E-state index is 0.205. The Balaban J connectivity index is 0.000000321. The quantitative estimate of drug-likeness (QED) is 0.868. The summed E-state index contributed by atoms with van der Waals surface area (Å²) in [5.74, 6) is -2.76. The van der Waals surface area contributed by atoms with Crippen molar-refractivity contribution in [3.05, 3.63) is 47.3 Å². The summed E-state index contributed by atoms with van der Waals surface area (Å²) in [4.78, 5) is 11.2. The summed E-state index contributed by atoms with van der Waals surface area (Å²) in [6, 6.07) is 10.5. The number of ether oxygens (including phenoxy) is 1. The van der Waals surface area contributed by atoms with Gasteiger partial charge in [0.05, 0.1) is 24.9 Å². The average molecular weight is 386 g/mol. The van der Waals surface area contributed by atoms with E-state index in [1.54, 1.807) is 0 Å². The van der Waals surface area contributed by atoms with E-state index in [1.165, 1.54) is 11.3 Å². The highest BCUT2D eigenvalue weighted by molar-refractivity contribution is 5.73. The number of halogens is 3. The van der Waals surface area contributed by atoms with Crippen LogP contribution in [-0.4, -0.2) is 57.3 Å². The van der Waals surface area contributed by atoms with Crippen LogP contribution in [0.1, 0.15) is 23.0 Å². The molecule has 1 atom stereocenters. The average Bonchev–Trinajstić information content (AvgIpc) is 2.99. The van der Waals surface area contributed by atoms with Gasteiger partial charge in [-0.3, -0.25) is 9.58 Å². The topological polar surface area (TPSA) is 80.5 Å². The van der Waals surface area contributed by atoms with Gasteiger partial charge in [0.15, 0.2) is 0 Å². The molecule has 0 spiro atoms. The van der Waals surface area contributed by atoms with Crippen molar-refractivity contribution in [1.29, 1.82) is 0 Å². The van der Waals surface area contributed by atoms with E-state index in [4.69, 9.17) is 14.6 Å². The van der Waals surface area contributed by atoms with Gasteiger partial charge in [-0.2, -0.15) is 13.2 Å². The van der Waals surface area contributed by atoms with Gasteiger partial charge >= 0.3 is 12.1 Å². The van der Waals surface area contributed by atoms with Gasteiger partial charge in [0, 0.05) is 20.0 Å². The number of nitrogens with zero attached hydrogens (tertiary/aromatic N) is 4. The second-order valence-electron chi connectivity index (χ2n) is 6.10. The fourth-order valence-corrected chi connectivity index (χ4v) is 2.66. The summed E-state index contributed by atoms with van der Waals surface area (Å²) in [6.07, 6.45) is -4.08. The maximum atomic E-state index is 10.6. The van der Waals surface area contributed by atoms with Crippen LogP contribution in [0.5, 0.6) is 0 Å². The first-order valence-corrected chi connectivity index (χ1v) is 8.20. The number of fused-ring (bicyclic) bond motifs is 1. The number of carboxylic acids is 1. The molecule has 0 amide bonds. The lowest BCUT2D eigenvalue weighted by Gasteiger charge is -2.31. The van der Waals surface area contributed by atoms with Gasteiger partial charge in [-0.15, -0.1) is 5.10 Å². The fraction of sp³-hybridized carbons (Fsp3) is 0.471. The van der Waals surface area contributed by atoms with E-state index >= 15 is 0 Å². The molecule has 0 saturated carbocycles. The maximum absolute atomic E-state index is 10.6. The summed E-state index contributed by atoms with van der Waals surface area (Å²) in [6.45, 7) is 2.31. The van der Waals surface area contributed by atoms with Crippen molar-refractivity contribution >= 4 is 5.97 Å². The molecule has 0 bridgehead atoms. The largest absolute Gasteiger partial charge is 0.490 e. The zero-order valence-corrected chi connectivity index (χ0v) is 15.0. The number of rotatable bonds is 4. The van der Waals surface area contributed by atoms with Crippen molar-refractivity contribution in [2.45, 2.75) is 25.2 Å². The Labute approximate surface area is 154 Å². The summed E-state index contributed by atoms with van der Waals surface area (Å²) in [5.41, 5.74) is 3.50. The molecule has 1 aromatic heterocycles. The highest BCUT2D eigenvalue weighted by Crippen LogP contribution is 2.26. The van der Waals surface area contributed by atoms with E-state index < -0.39 is 12.1 Å². The van der Waals surface area contributed by atoms with Crippen molar-refractivity contribution in [3.63, 3.8) is 0 Å². The second-order valence-corrected chi connectivity index (χ2v) is 6.10. The molecule has 27 heavy (non-hydrogen) atoms. The molecule has 1 N–H and O–H groups in total.